The van der Waals surface area contributed by atoms with E-state index in [4.69, 9.17) is 18.9 Å². The molecule has 3 atom stereocenters. The molecule has 0 aromatic carbocycles. The minimum absolute atomic E-state index is 0.103. The number of nitrogens with zero attached hydrogens (tertiary/aromatic N) is 1. The second-order valence-corrected chi connectivity index (χ2v) is 6.51. The fourth-order valence-electron chi connectivity index (χ4n) is 2.70. The highest BCUT2D eigenvalue weighted by Crippen LogP contribution is 2.30. The van der Waals surface area contributed by atoms with E-state index in [1.54, 1.807) is 0 Å². The highest BCUT2D eigenvalue weighted by molar-refractivity contribution is 9.11. The number of nitrogens with one attached hydrogen (secondary N) is 1. The van der Waals surface area contributed by atoms with E-state index in [2.05, 4.69) is 25.7 Å². The number of carbonyl (C=O) groups excluding carboxylic acids is 2. The molecular weight excluding hydrogens is 456 g/mol. The molecule has 0 amide bonds. The fraction of sp³-hybridized carbons (Fsp3) is 0.529. The zero-order chi connectivity index (χ0) is 21.4. The number of aromatic amines is 1. The first-order chi connectivity index (χ1) is 13.9. The van der Waals surface area contributed by atoms with E-state index in [0.717, 1.165) is 0 Å². The van der Waals surface area contributed by atoms with Crippen molar-refractivity contribution in [1.82, 2.24) is 9.55 Å². The zero-order valence-corrected chi connectivity index (χ0v) is 17.4. The molecule has 2 heterocycles. The predicted octanol–water partition coefficient (Wildman–Crippen LogP) is -0.0625. The van der Waals surface area contributed by atoms with Gasteiger partial charge in [0.1, 0.15) is 38.3 Å². The first-order valence-corrected chi connectivity index (χ1v) is 9.41. The van der Waals surface area contributed by atoms with Crippen LogP contribution in [0.15, 0.2) is 20.8 Å². The van der Waals surface area contributed by atoms with Crippen LogP contribution in [0.5, 0.6) is 0 Å². The van der Waals surface area contributed by atoms with Gasteiger partial charge in [-0.05, 0) is 11.1 Å². The Morgan fingerprint density at radius 2 is 1.97 bits per heavy atom. The largest absolute Gasteiger partial charge is 0.461 e. The van der Waals surface area contributed by atoms with Gasteiger partial charge in [0.25, 0.3) is 5.56 Å². The topological polar surface area (TPSA) is 135 Å². The highest BCUT2D eigenvalue weighted by atomic mass is 79.9. The van der Waals surface area contributed by atoms with E-state index in [1.165, 1.54) is 36.0 Å². The number of H-pyrrole nitrogens is 1. The molecule has 29 heavy (non-hydrogen) atoms. The van der Waals surface area contributed by atoms with E-state index in [-0.39, 0.29) is 31.8 Å². The molecule has 1 fully saturated rings. The zero-order valence-electron chi connectivity index (χ0n) is 15.8. The third kappa shape index (κ3) is 6.35. The summed E-state index contributed by atoms with van der Waals surface area (Å²) in [5, 5.41) is 0. The van der Waals surface area contributed by atoms with E-state index < -0.39 is 41.6 Å². The Bertz CT molecular complexity index is 863. The second kappa shape index (κ2) is 11.0. The molecule has 1 aromatic heterocycles. The number of rotatable bonds is 9. The van der Waals surface area contributed by atoms with Gasteiger partial charge in [0, 0.05) is 26.8 Å². The summed E-state index contributed by atoms with van der Waals surface area (Å²) in [5.41, 5.74) is -1.04. The van der Waals surface area contributed by atoms with Crippen molar-refractivity contribution in [2.24, 2.45) is 0 Å². The Morgan fingerprint density at radius 3 is 2.62 bits per heavy atom. The minimum atomic E-state index is -0.853. The lowest BCUT2D eigenvalue weighted by Crippen LogP contribution is -2.34. The smallest absolute Gasteiger partial charge is 0.332 e. The van der Waals surface area contributed by atoms with Crippen LogP contribution >= 0.6 is 15.9 Å². The Kier molecular flexibility index (Phi) is 8.76. The van der Waals surface area contributed by atoms with Crippen LogP contribution in [-0.2, 0) is 33.3 Å². The third-order valence-corrected chi connectivity index (χ3v) is 4.21. The lowest BCUT2D eigenvalue weighted by molar-refractivity contribution is -0.162. The van der Waals surface area contributed by atoms with Crippen LogP contribution in [0.1, 0.15) is 18.2 Å². The maximum Gasteiger partial charge on any atom is 0.332 e. The molecule has 12 heteroatoms. The van der Waals surface area contributed by atoms with Crippen molar-refractivity contribution in [2.45, 2.75) is 24.9 Å². The van der Waals surface area contributed by atoms with Crippen molar-refractivity contribution >= 4 is 33.9 Å². The average Bonchev–Trinajstić information content (AvgIpc) is 3.05. The molecule has 2 rings (SSSR count). The average molecular weight is 477 g/mol. The third-order valence-electron chi connectivity index (χ3n) is 3.94. The van der Waals surface area contributed by atoms with Gasteiger partial charge in [0.05, 0.1) is 5.56 Å². The van der Waals surface area contributed by atoms with Gasteiger partial charge in [-0.15, -0.1) is 0 Å². The number of methoxy groups -OCH3 is 2. The molecule has 1 aliphatic rings. The van der Waals surface area contributed by atoms with Crippen molar-refractivity contribution < 1.29 is 33.3 Å². The molecule has 1 saturated heterocycles. The van der Waals surface area contributed by atoms with Gasteiger partial charge in [0.15, 0.2) is 0 Å². The number of aromatic nitrogens is 2. The molecule has 11 nitrogen and oxygen atoms in total. The van der Waals surface area contributed by atoms with Crippen LogP contribution in [0.3, 0.4) is 0 Å². The molecular formula is C17H21BrN2O9. The fourth-order valence-corrected chi connectivity index (χ4v) is 2.99. The summed E-state index contributed by atoms with van der Waals surface area (Å²) in [4.78, 5) is 51.1. The number of hydrogen-bond donors (Lipinski definition) is 1. The summed E-state index contributed by atoms with van der Waals surface area (Å²) in [6, 6.07) is 0. The lowest BCUT2D eigenvalue weighted by atomic mass is 10.2. The monoisotopic (exact) mass is 476 g/mol. The highest BCUT2D eigenvalue weighted by Gasteiger charge is 2.40. The summed E-state index contributed by atoms with van der Waals surface area (Å²) in [6.07, 6.45) is 0.419. The van der Waals surface area contributed by atoms with Gasteiger partial charge in [0.2, 0.25) is 0 Å². The van der Waals surface area contributed by atoms with Crippen molar-refractivity contribution in [3.05, 3.63) is 37.6 Å². The SMILES string of the molecule is COCC(=O)OC[C@H]1O[C@@H](n2cc(/C=C/Br)c(=O)[nH]c2=O)C[C@@H]1OC(=O)COC. The van der Waals surface area contributed by atoms with Crippen LogP contribution in [0.25, 0.3) is 6.08 Å². The van der Waals surface area contributed by atoms with Crippen LogP contribution in [-0.4, -0.2) is 67.7 Å². The molecule has 0 bridgehead atoms. The molecule has 0 spiro atoms. The molecule has 1 aromatic rings. The summed E-state index contributed by atoms with van der Waals surface area (Å²) in [6.45, 7) is -0.724. The molecule has 1 N–H and O–H groups in total. The number of esters is 2. The van der Waals surface area contributed by atoms with Gasteiger partial charge in [-0.2, -0.15) is 0 Å². The van der Waals surface area contributed by atoms with Crippen molar-refractivity contribution in [3.63, 3.8) is 0 Å². The van der Waals surface area contributed by atoms with E-state index in [0.29, 0.717) is 0 Å². The molecule has 1 aliphatic heterocycles. The van der Waals surface area contributed by atoms with Gasteiger partial charge in [-0.3, -0.25) is 14.3 Å². The summed E-state index contributed by atoms with van der Waals surface area (Å²) in [7, 11) is 2.69. The molecule has 0 radical (unpaired) electrons. The standard InChI is InChI=1S/C17H21BrN2O9/c1-25-8-14(21)27-7-12-11(29-15(22)9-26-2)5-13(28-12)20-6-10(3-4-18)16(23)19-17(20)24/h3-4,6,11-13H,5,7-9H2,1-2H3,(H,19,23,24)/b4-3+/t11-,12+,13+/m0/s1. The Morgan fingerprint density at radius 1 is 1.28 bits per heavy atom. The lowest BCUT2D eigenvalue weighted by Gasteiger charge is -2.18. The van der Waals surface area contributed by atoms with Crippen LogP contribution in [0, 0.1) is 0 Å². The first-order valence-electron chi connectivity index (χ1n) is 8.50. The summed E-state index contributed by atoms with van der Waals surface area (Å²) < 4.78 is 26.8. The molecule has 0 aliphatic carbocycles. The van der Waals surface area contributed by atoms with E-state index in [9.17, 15) is 19.2 Å². The quantitative estimate of drug-likeness (QED) is 0.485. The Hall–Kier alpha value is -2.28. The first kappa shape index (κ1) is 23.0. The van der Waals surface area contributed by atoms with Gasteiger partial charge >= 0.3 is 17.6 Å². The maximum atomic E-state index is 12.2. The van der Waals surface area contributed by atoms with E-state index >= 15 is 0 Å². The maximum absolute atomic E-state index is 12.2. The normalized spacial score (nSPS) is 21.4. The van der Waals surface area contributed by atoms with Crippen LogP contribution in [0.2, 0.25) is 0 Å². The predicted molar refractivity (Wildman–Crippen MR) is 102 cm³/mol. The number of halogens is 1. The Labute approximate surface area is 173 Å². The van der Waals surface area contributed by atoms with E-state index in [1.807, 2.05) is 0 Å². The Balaban J connectivity index is 2.22. The summed E-state index contributed by atoms with van der Waals surface area (Å²) in [5.74, 6) is -1.25. The number of carbonyl (C=O) groups is 2. The van der Waals surface area contributed by atoms with Gasteiger partial charge in [-0.1, -0.05) is 15.9 Å². The molecule has 0 saturated carbocycles. The van der Waals surface area contributed by atoms with Crippen molar-refractivity contribution in [2.75, 3.05) is 34.0 Å². The number of ether oxygens (including phenoxy) is 5. The van der Waals surface area contributed by atoms with Gasteiger partial charge in [-0.25, -0.2) is 14.4 Å². The van der Waals surface area contributed by atoms with Crippen molar-refractivity contribution in [1.29, 1.82) is 0 Å². The van der Waals surface area contributed by atoms with Crippen LogP contribution in [0.4, 0.5) is 0 Å². The molecule has 0 unspecified atom stereocenters. The minimum Gasteiger partial charge on any atom is -0.461 e. The van der Waals surface area contributed by atoms with Gasteiger partial charge < -0.3 is 23.7 Å². The molecule has 160 valence electrons. The van der Waals surface area contributed by atoms with Crippen molar-refractivity contribution in [3.8, 4) is 0 Å². The second-order valence-electron chi connectivity index (χ2n) is 5.99. The summed E-state index contributed by atoms with van der Waals surface area (Å²) >= 11 is 3.07. The van der Waals surface area contributed by atoms with Crippen LogP contribution < -0.4 is 11.2 Å². The number of hydrogen-bond acceptors (Lipinski definition) is 9.